The Kier molecular flexibility index (Phi) is 6.99. The van der Waals surface area contributed by atoms with Crippen LogP contribution in [0.25, 0.3) is 0 Å². The van der Waals surface area contributed by atoms with Crippen LogP contribution < -0.4 is 4.74 Å². The van der Waals surface area contributed by atoms with Crippen LogP contribution in [0.3, 0.4) is 0 Å². The highest BCUT2D eigenvalue weighted by Gasteiger charge is 2.32. The molecule has 2 fully saturated rings. The number of carbonyl (C=O) groups excluding carboxylic acids is 2. The topological polar surface area (TPSA) is 87.2 Å². The lowest BCUT2D eigenvalue weighted by atomic mass is 10.1. The average molecular weight is 472 g/mol. The predicted molar refractivity (Wildman–Crippen MR) is 124 cm³/mol. The molecule has 33 heavy (non-hydrogen) atoms. The number of amides is 2. The fraction of sp³-hybridized carbons (Fsp3) is 0.417. The largest absolute Gasteiger partial charge is 0.497 e. The Morgan fingerprint density at radius 3 is 1.94 bits per heavy atom. The first-order valence-corrected chi connectivity index (χ1v) is 12.7. The summed E-state index contributed by atoms with van der Waals surface area (Å²) in [5, 5.41) is 0. The fourth-order valence-electron chi connectivity index (χ4n) is 4.31. The molecule has 2 aromatic carbocycles. The van der Waals surface area contributed by atoms with Crippen molar-refractivity contribution in [2.24, 2.45) is 0 Å². The summed E-state index contributed by atoms with van der Waals surface area (Å²) < 4.78 is 33.1. The Morgan fingerprint density at radius 2 is 1.33 bits per heavy atom. The third kappa shape index (κ3) is 4.89. The molecule has 0 bridgehead atoms. The Morgan fingerprint density at radius 1 is 0.758 bits per heavy atom. The fourth-order valence-corrected chi connectivity index (χ4v) is 6.01. The minimum Gasteiger partial charge on any atom is -0.497 e. The Labute approximate surface area is 194 Å². The first-order valence-electron chi connectivity index (χ1n) is 11.2. The van der Waals surface area contributed by atoms with Crippen LogP contribution in [0.4, 0.5) is 0 Å². The van der Waals surface area contributed by atoms with Crippen molar-refractivity contribution in [2.75, 3.05) is 46.4 Å². The summed E-state index contributed by atoms with van der Waals surface area (Å²) in [6.07, 6.45) is 2.69. The van der Waals surface area contributed by atoms with Crippen LogP contribution in [0.1, 0.15) is 40.0 Å². The summed E-state index contributed by atoms with van der Waals surface area (Å²) in [6, 6.07) is 13.4. The summed E-state index contributed by atoms with van der Waals surface area (Å²) in [6.45, 7) is 2.43. The number of piperazine rings is 1. The van der Waals surface area contributed by atoms with Crippen LogP contribution in [-0.2, 0) is 10.0 Å². The van der Waals surface area contributed by atoms with Gasteiger partial charge in [-0.15, -0.1) is 0 Å². The maximum atomic E-state index is 13.3. The van der Waals surface area contributed by atoms with E-state index in [0.29, 0.717) is 50.6 Å². The number of methoxy groups -OCH3 is 1. The Balaban J connectivity index is 1.45. The lowest BCUT2D eigenvalue weighted by Gasteiger charge is -2.35. The van der Waals surface area contributed by atoms with Crippen LogP contribution in [-0.4, -0.2) is 80.7 Å². The summed E-state index contributed by atoms with van der Waals surface area (Å²) in [4.78, 5) is 29.5. The van der Waals surface area contributed by atoms with Crippen molar-refractivity contribution in [1.29, 1.82) is 0 Å². The number of benzene rings is 2. The van der Waals surface area contributed by atoms with E-state index in [2.05, 4.69) is 0 Å². The number of hydrogen-bond donors (Lipinski definition) is 0. The lowest BCUT2D eigenvalue weighted by Crippen LogP contribution is -2.50. The number of carbonyl (C=O) groups is 2. The molecule has 0 atom stereocenters. The third-order valence-electron chi connectivity index (χ3n) is 6.24. The van der Waals surface area contributed by atoms with Crippen molar-refractivity contribution in [3.8, 4) is 5.75 Å². The molecule has 0 unspecified atom stereocenters. The summed E-state index contributed by atoms with van der Waals surface area (Å²) in [5.74, 6) is 0.265. The SMILES string of the molecule is COc1ccc(C(=O)N2CCN(C(=O)c3ccccc3S(=O)(=O)N3CCCCC3)CC2)cc1. The molecule has 9 heteroatoms. The van der Waals surface area contributed by atoms with Crippen molar-refractivity contribution < 1.29 is 22.7 Å². The summed E-state index contributed by atoms with van der Waals surface area (Å²) in [7, 11) is -2.16. The molecule has 0 saturated carbocycles. The van der Waals surface area contributed by atoms with E-state index in [1.807, 2.05) is 0 Å². The molecule has 0 spiro atoms. The van der Waals surface area contributed by atoms with E-state index in [9.17, 15) is 18.0 Å². The maximum absolute atomic E-state index is 13.3. The van der Waals surface area contributed by atoms with Gasteiger partial charge in [0.1, 0.15) is 5.75 Å². The lowest BCUT2D eigenvalue weighted by molar-refractivity contribution is 0.0533. The summed E-state index contributed by atoms with van der Waals surface area (Å²) >= 11 is 0. The minimum atomic E-state index is -3.73. The normalized spacial score (nSPS) is 17.6. The molecule has 0 radical (unpaired) electrons. The van der Waals surface area contributed by atoms with Crippen LogP contribution in [0.2, 0.25) is 0 Å². The van der Waals surface area contributed by atoms with E-state index in [-0.39, 0.29) is 22.3 Å². The van der Waals surface area contributed by atoms with Gasteiger partial charge in [-0.25, -0.2) is 8.42 Å². The van der Waals surface area contributed by atoms with E-state index >= 15 is 0 Å². The number of hydrogen-bond acceptors (Lipinski definition) is 5. The second-order valence-corrected chi connectivity index (χ2v) is 10.2. The molecule has 2 saturated heterocycles. The van der Waals surface area contributed by atoms with Crippen LogP contribution in [0, 0.1) is 0 Å². The molecule has 0 aliphatic carbocycles. The zero-order valence-electron chi connectivity index (χ0n) is 18.8. The van der Waals surface area contributed by atoms with Gasteiger partial charge in [0.2, 0.25) is 10.0 Å². The minimum absolute atomic E-state index is 0.0636. The van der Waals surface area contributed by atoms with Gasteiger partial charge in [-0.1, -0.05) is 18.6 Å². The van der Waals surface area contributed by atoms with Crippen LogP contribution in [0.5, 0.6) is 5.75 Å². The molecule has 2 aliphatic heterocycles. The van der Waals surface area contributed by atoms with Crippen molar-refractivity contribution in [2.45, 2.75) is 24.2 Å². The quantitative estimate of drug-likeness (QED) is 0.669. The van der Waals surface area contributed by atoms with Gasteiger partial charge in [0, 0.05) is 44.8 Å². The molecule has 2 aromatic rings. The van der Waals surface area contributed by atoms with E-state index in [0.717, 1.165) is 19.3 Å². The highest BCUT2D eigenvalue weighted by Crippen LogP contribution is 2.25. The van der Waals surface area contributed by atoms with Crippen LogP contribution in [0.15, 0.2) is 53.4 Å². The average Bonchev–Trinajstić information content (AvgIpc) is 2.88. The highest BCUT2D eigenvalue weighted by molar-refractivity contribution is 7.89. The zero-order valence-corrected chi connectivity index (χ0v) is 19.6. The van der Waals surface area contributed by atoms with Gasteiger partial charge in [-0.3, -0.25) is 9.59 Å². The van der Waals surface area contributed by atoms with Gasteiger partial charge in [0.05, 0.1) is 17.6 Å². The first kappa shape index (κ1) is 23.3. The van der Waals surface area contributed by atoms with Gasteiger partial charge < -0.3 is 14.5 Å². The van der Waals surface area contributed by atoms with Crippen LogP contribution >= 0.6 is 0 Å². The van der Waals surface area contributed by atoms with E-state index < -0.39 is 10.0 Å². The molecule has 176 valence electrons. The first-order chi connectivity index (χ1) is 15.9. The number of rotatable bonds is 5. The Hall–Kier alpha value is -2.91. The van der Waals surface area contributed by atoms with Crippen molar-refractivity contribution >= 4 is 21.8 Å². The molecule has 8 nitrogen and oxygen atoms in total. The van der Waals surface area contributed by atoms with E-state index in [1.165, 1.54) is 10.4 Å². The molecule has 0 aromatic heterocycles. The van der Waals surface area contributed by atoms with Gasteiger partial charge in [-0.05, 0) is 49.2 Å². The Bertz CT molecular complexity index is 1100. The maximum Gasteiger partial charge on any atom is 0.255 e. The molecule has 2 heterocycles. The number of ether oxygens (including phenoxy) is 1. The van der Waals surface area contributed by atoms with Gasteiger partial charge in [0.25, 0.3) is 11.8 Å². The van der Waals surface area contributed by atoms with E-state index in [1.54, 1.807) is 59.4 Å². The van der Waals surface area contributed by atoms with Gasteiger partial charge in [-0.2, -0.15) is 4.31 Å². The smallest absolute Gasteiger partial charge is 0.255 e. The van der Waals surface area contributed by atoms with Crippen molar-refractivity contribution in [3.05, 3.63) is 59.7 Å². The molecule has 2 amide bonds. The summed E-state index contributed by atoms with van der Waals surface area (Å²) in [5.41, 5.74) is 0.756. The standard InChI is InChI=1S/C24H29N3O5S/c1-32-20-11-9-19(10-12-20)23(28)25-15-17-26(18-16-25)24(29)21-7-3-4-8-22(21)33(30,31)27-13-5-2-6-14-27/h3-4,7-12H,2,5-6,13-18H2,1H3. The number of piperidine rings is 1. The monoisotopic (exact) mass is 471 g/mol. The number of sulfonamides is 1. The van der Waals surface area contributed by atoms with Gasteiger partial charge in [0.15, 0.2) is 0 Å². The molecular formula is C24H29N3O5S. The molecular weight excluding hydrogens is 442 g/mol. The third-order valence-corrected chi connectivity index (χ3v) is 8.20. The highest BCUT2D eigenvalue weighted by atomic mass is 32.2. The predicted octanol–water partition coefficient (Wildman–Crippen LogP) is 2.47. The molecule has 2 aliphatic rings. The van der Waals surface area contributed by atoms with E-state index in [4.69, 9.17) is 4.74 Å². The second kappa shape index (κ2) is 9.93. The van der Waals surface area contributed by atoms with Crippen molar-refractivity contribution in [1.82, 2.24) is 14.1 Å². The molecule has 0 N–H and O–H groups in total. The number of nitrogens with zero attached hydrogens (tertiary/aromatic N) is 3. The molecule has 4 rings (SSSR count). The second-order valence-electron chi connectivity index (χ2n) is 8.27. The van der Waals surface area contributed by atoms with Gasteiger partial charge >= 0.3 is 0 Å². The zero-order chi connectivity index (χ0) is 23.4. The van der Waals surface area contributed by atoms with Crippen molar-refractivity contribution in [3.63, 3.8) is 0 Å².